The Balaban J connectivity index is 1.74. The van der Waals surface area contributed by atoms with Gasteiger partial charge in [-0.2, -0.15) is 10.4 Å². The van der Waals surface area contributed by atoms with E-state index in [1.165, 1.54) is 0 Å². The fourth-order valence-electron chi connectivity index (χ4n) is 2.38. The highest BCUT2D eigenvalue weighted by Gasteiger charge is 2.14. The molecule has 0 unspecified atom stereocenters. The summed E-state index contributed by atoms with van der Waals surface area (Å²) in [7, 11) is 0. The molecule has 0 spiro atoms. The number of nitrogens with zero attached hydrogens (tertiary/aromatic N) is 4. The first kappa shape index (κ1) is 14.8. The summed E-state index contributed by atoms with van der Waals surface area (Å²) < 4.78 is 1.67. The third-order valence-corrected chi connectivity index (χ3v) is 3.47. The van der Waals surface area contributed by atoms with E-state index >= 15 is 0 Å². The molecule has 0 atom stereocenters. The number of benzene rings is 1. The first-order valence-corrected chi connectivity index (χ1v) is 7.29. The minimum Gasteiger partial charge on any atom is -0.343 e. The molecule has 23 heavy (non-hydrogen) atoms. The van der Waals surface area contributed by atoms with Gasteiger partial charge >= 0.3 is 0 Å². The third kappa shape index (κ3) is 2.92. The smallest absolute Gasteiger partial charge is 0.269 e. The fraction of sp³-hybridized carbons (Fsp3) is 0.250. The zero-order valence-electron chi connectivity index (χ0n) is 12.9. The molecule has 0 saturated heterocycles. The van der Waals surface area contributed by atoms with Crippen LogP contribution >= 0.6 is 0 Å². The number of nitrogens with one attached hydrogen (secondary N) is 2. The van der Waals surface area contributed by atoms with Crippen LogP contribution in [0.5, 0.6) is 0 Å². The molecule has 0 aliphatic carbocycles. The van der Waals surface area contributed by atoms with Crippen LogP contribution in [0, 0.1) is 11.3 Å². The number of H-pyrrole nitrogens is 1. The van der Waals surface area contributed by atoms with Gasteiger partial charge < -0.3 is 10.3 Å². The molecular formula is C16H16N6O. The van der Waals surface area contributed by atoms with Crippen LogP contribution in [0.15, 0.2) is 30.5 Å². The molecule has 7 nitrogen and oxygen atoms in total. The predicted octanol–water partition coefficient (Wildman–Crippen LogP) is 2.14. The number of fused-ring (bicyclic) bond motifs is 1. The lowest BCUT2D eigenvalue weighted by Gasteiger charge is -2.10. The van der Waals surface area contributed by atoms with Crippen LogP contribution in [0.4, 0.5) is 0 Å². The summed E-state index contributed by atoms with van der Waals surface area (Å²) >= 11 is 0. The predicted molar refractivity (Wildman–Crippen MR) is 84.6 cm³/mol. The summed E-state index contributed by atoms with van der Waals surface area (Å²) in [5.74, 6) is 0.438. The van der Waals surface area contributed by atoms with Crippen molar-refractivity contribution in [2.24, 2.45) is 0 Å². The summed E-state index contributed by atoms with van der Waals surface area (Å²) in [5.41, 5.74) is 2.63. The lowest BCUT2D eigenvalue weighted by Crippen LogP contribution is -2.26. The number of carbonyl (C=O) groups excluding carboxylic acids is 1. The van der Waals surface area contributed by atoms with Crippen molar-refractivity contribution in [3.05, 3.63) is 47.5 Å². The van der Waals surface area contributed by atoms with Crippen molar-refractivity contribution in [1.82, 2.24) is 25.1 Å². The number of rotatable bonds is 4. The van der Waals surface area contributed by atoms with Crippen molar-refractivity contribution in [3.8, 4) is 6.07 Å². The van der Waals surface area contributed by atoms with Gasteiger partial charge in [-0.25, -0.2) is 4.98 Å². The Morgan fingerprint density at radius 2 is 2.26 bits per heavy atom. The molecule has 3 aromatic rings. The topological polar surface area (TPSA) is 99.4 Å². The van der Waals surface area contributed by atoms with Crippen LogP contribution in [-0.2, 0) is 6.54 Å². The molecule has 2 N–H and O–H groups in total. The van der Waals surface area contributed by atoms with Crippen LogP contribution in [0.3, 0.4) is 0 Å². The van der Waals surface area contributed by atoms with Crippen LogP contribution in [0.25, 0.3) is 11.0 Å². The molecule has 0 radical (unpaired) electrons. The van der Waals surface area contributed by atoms with Gasteiger partial charge in [0.15, 0.2) is 0 Å². The van der Waals surface area contributed by atoms with Crippen molar-refractivity contribution in [2.45, 2.75) is 26.4 Å². The van der Waals surface area contributed by atoms with E-state index in [1.807, 2.05) is 13.8 Å². The van der Waals surface area contributed by atoms with E-state index < -0.39 is 0 Å². The quantitative estimate of drug-likeness (QED) is 0.771. The zero-order valence-corrected chi connectivity index (χ0v) is 12.9. The number of imidazole rings is 1. The van der Waals surface area contributed by atoms with Crippen LogP contribution in [-0.4, -0.2) is 25.7 Å². The van der Waals surface area contributed by atoms with Gasteiger partial charge in [0.05, 0.1) is 29.2 Å². The van der Waals surface area contributed by atoms with E-state index in [0.29, 0.717) is 17.1 Å². The standard InChI is InChI=1S/C16H16N6O/c1-10(2)22-14(5-6-19-22)16(23)18-9-15-20-12-4-3-11(8-17)7-13(12)21-15/h3-7,10H,9H2,1-2H3,(H,18,23)(H,20,21). The molecule has 0 fully saturated rings. The SMILES string of the molecule is CC(C)n1nccc1C(=O)NCc1nc2ccc(C#N)cc2[nH]1. The van der Waals surface area contributed by atoms with Crippen molar-refractivity contribution in [2.75, 3.05) is 0 Å². The van der Waals surface area contributed by atoms with Gasteiger partial charge in [-0.1, -0.05) is 0 Å². The van der Waals surface area contributed by atoms with Gasteiger partial charge in [-0.3, -0.25) is 9.48 Å². The highest BCUT2D eigenvalue weighted by molar-refractivity contribution is 5.92. The van der Waals surface area contributed by atoms with E-state index in [4.69, 9.17) is 5.26 Å². The van der Waals surface area contributed by atoms with E-state index in [1.54, 1.807) is 35.1 Å². The molecule has 7 heteroatoms. The van der Waals surface area contributed by atoms with Crippen molar-refractivity contribution >= 4 is 16.9 Å². The van der Waals surface area contributed by atoms with E-state index in [9.17, 15) is 4.79 Å². The van der Waals surface area contributed by atoms with Gasteiger partial charge in [-0.05, 0) is 38.1 Å². The summed E-state index contributed by atoms with van der Waals surface area (Å²) in [5, 5.41) is 15.9. The third-order valence-electron chi connectivity index (χ3n) is 3.47. The number of nitriles is 1. The second kappa shape index (κ2) is 5.93. The van der Waals surface area contributed by atoms with Crippen LogP contribution in [0.1, 0.15) is 41.8 Å². The summed E-state index contributed by atoms with van der Waals surface area (Å²) in [6, 6.07) is 9.12. The Kier molecular flexibility index (Phi) is 3.81. The van der Waals surface area contributed by atoms with E-state index in [-0.39, 0.29) is 18.5 Å². The average molecular weight is 308 g/mol. The summed E-state index contributed by atoms with van der Waals surface area (Å²) in [4.78, 5) is 19.8. The maximum Gasteiger partial charge on any atom is 0.269 e. The maximum absolute atomic E-state index is 12.3. The lowest BCUT2D eigenvalue weighted by molar-refractivity contribution is 0.0937. The number of aromatic amines is 1. The largest absolute Gasteiger partial charge is 0.343 e. The van der Waals surface area contributed by atoms with Gasteiger partial charge in [-0.15, -0.1) is 0 Å². The minimum absolute atomic E-state index is 0.112. The van der Waals surface area contributed by atoms with Crippen LogP contribution < -0.4 is 5.32 Å². The number of aromatic nitrogens is 4. The normalized spacial score (nSPS) is 10.9. The Morgan fingerprint density at radius 3 is 3.00 bits per heavy atom. The molecule has 2 heterocycles. The molecule has 116 valence electrons. The molecule has 0 saturated carbocycles. The molecule has 1 aromatic carbocycles. The Hall–Kier alpha value is -3.14. The van der Waals surface area contributed by atoms with Crippen molar-refractivity contribution in [3.63, 3.8) is 0 Å². The molecule has 0 aliphatic heterocycles. The number of hydrogen-bond acceptors (Lipinski definition) is 4. The Labute approximate surface area is 132 Å². The monoisotopic (exact) mass is 308 g/mol. The van der Waals surface area contributed by atoms with Crippen LogP contribution in [0.2, 0.25) is 0 Å². The molecule has 1 amide bonds. The van der Waals surface area contributed by atoms with Crippen molar-refractivity contribution in [1.29, 1.82) is 5.26 Å². The van der Waals surface area contributed by atoms with Gasteiger partial charge in [0.2, 0.25) is 0 Å². The molecule has 0 aliphatic rings. The average Bonchev–Trinajstić information content (AvgIpc) is 3.18. The molecule has 2 aromatic heterocycles. The highest BCUT2D eigenvalue weighted by Crippen LogP contribution is 2.13. The highest BCUT2D eigenvalue weighted by atomic mass is 16.2. The number of carbonyl (C=O) groups is 1. The van der Waals surface area contributed by atoms with Gasteiger partial charge in [0.25, 0.3) is 5.91 Å². The van der Waals surface area contributed by atoms with Crippen molar-refractivity contribution < 1.29 is 4.79 Å². The zero-order chi connectivity index (χ0) is 16.4. The summed E-state index contributed by atoms with van der Waals surface area (Å²) in [6.45, 7) is 4.21. The second-order valence-corrected chi connectivity index (χ2v) is 5.46. The molecular weight excluding hydrogens is 292 g/mol. The second-order valence-electron chi connectivity index (χ2n) is 5.46. The fourth-order valence-corrected chi connectivity index (χ4v) is 2.38. The Morgan fingerprint density at radius 1 is 1.43 bits per heavy atom. The van der Waals surface area contributed by atoms with Gasteiger partial charge in [0.1, 0.15) is 11.5 Å². The molecule has 0 bridgehead atoms. The molecule has 3 rings (SSSR count). The maximum atomic E-state index is 12.3. The van der Waals surface area contributed by atoms with E-state index in [0.717, 1.165) is 11.0 Å². The first-order valence-electron chi connectivity index (χ1n) is 7.29. The van der Waals surface area contributed by atoms with Gasteiger partial charge in [0, 0.05) is 12.2 Å². The summed E-state index contributed by atoms with van der Waals surface area (Å²) in [6.07, 6.45) is 1.61. The number of amides is 1. The van der Waals surface area contributed by atoms with E-state index in [2.05, 4.69) is 26.5 Å². The first-order chi connectivity index (χ1) is 11.1. The number of hydrogen-bond donors (Lipinski definition) is 2. The lowest BCUT2D eigenvalue weighted by atomic mass is 10.2. The Bertz CT molecular complexity index is 899. The minimum atomic E-state index is -0.200.